The molecule has 236 valence electrons. The molecule has 0 aromatic heterocycles. The molecule has 0 unspecified atom stereocenters. The molecular formula is C35H39N3O6S. The molecule has 0 heterocycles. The number of benzene rings is 4. The van der Waals surface area contributed by atoms with Gasteiger partial charge >= 0.3 is 0 Å². The van der Waals surface area contributed by atoms with Crippen LogP contribution >= 0.6 is 0 Å². The number of methoxy groups -OCH3 is 2. The molecule has 0 saturated heterocycles. The van der Waals surface area contributed by atoms with E-state index in [0.717, 1.165) is 21.0 Å². The lowest BCUT2D eigenvalue weighted by atomic mass is 10.0. The number of nitrogens with zero attached hydrogens (tertiary/aromatic N) is 2. The number of anilines is 1. The zero-order valence-electron chi connectivity index (χ0n) is 26.0. The molecule has 0 aliphatic heterocycles. The Kier molecular flexibility index (Phi) is 11.2. The molecular weight excluding hydrogens is 590 g/mol. The van der Waals surface area contributed by atoms with E-state index in [0.29, 0.717) is 12.3 Å². The van der Waals surface area contributed by atoms with Crippen molar-refractivity contribution in [3.8, 4) is 11.5 Å². The minimum Gasteiger partial charge on any atom is -0.497 e. The zero-order valence-corrected chi connectivity index (χ0v) is 26.8. The summed E-state index contributed by atoms with van der Waals surface area (Å²) in [4.78, 5) is 29.6. The second kappa shape index (κ2) is 15.3. The maximum atomic E-state index is 14.5. The summed E-state index contributed by atoms with van der Waals surface area (Å²) in [6, 6.07) is 28.8. The molecule has 0 saturated carbocycles. The van der Waals surface area contributed by atoms with Gasteiger partial charge in [0.1, 0.15) is 24.1 Å². The largest absolute Gasteiger partial charge is 0.497 e. The van der Waals surface area contributed by atoms with Crippen LogP contribution in [0.2, 0.25) is 0 Å². The van der Waals surface area contributed by atoms with Gasteiger partial charge in [0.25, 0.3) is 10.0 Å². The predicted octanol–water partition coefficient (Wildman–Crippen LogP) is 4.98. The van der Waals surface area contributed by atoms with Crippen molar-refractivity contribution in [2.24, 2.45) is 0 Å². The molecule has 4 aromatic carbocycles. The second-order valence-corrected chi connectivity index (χ2v) is 12.3. The van der Waals surface area contributed by atoms with Crippen molar-refractivity contribution < 1.29 is 27.5 Å². The van der Waals surface area contributed by atoms with Gasteiger partial charge in [0.15, 0.2) is 0 Å². The Morgan fingerprint density at radius 3 is 2.13 bits per heavy atom. The highest BCUT2D eigenvalue weighted by Gasteiger charge is 2.35. The molecule has 2 amide bonds. The maximum Gasteiger partial charge on any atom is 0.264 e. The third kappa shape index (κ3) is 8.21. The molecule has 0 aliphatic rings. The number of amides is 2. The van der Waals surface area contributed by atoms with Crippen LogP contribution in [0.5, 0.6) is 11.5 Å². The van der Waals surface area contributed by atoms with Crippen molar-refractivity contribution in [1.29, 1.82) is 0 Å². The van der Waals surface area contributed by atoms with E-state index in [1.807, 2.05) is 68.4 Å². The number of ether oxygens (including phenoxy) is 2. The van der Waals surface area contributed by atoms with Crippen LogP contribution in [0.4, 0.5) is 5.69 Å². The van der Waals surface area contributed by atoms with Gasteiger partial charge in [-0.1, -0.05) is 72.3 Å². The molecule has 0 bridgehead atoms. The van der Waals surface area contributed by atoms with E-state index in [1.54, 1.807) is 36.4 Å². The van der Waals surface area contributed by atoms with Crippen LogP contribution in [0.1, 0.15) is 23.6 Å². The van der Waals surface area contributed by atoms with Gasteiger partial charge in [-0.25, -0.2) is 8.42 Å². The molecule has 4 rings (SSSR count). The summed E-state index contributed by atoms with van der Waals surface area (Å²) in [7, 11) is -1.35. The first-order chi connectivity index (χ1) is 21.7. The minimum absolute atomic E-state index is 0.0307. The van der Waals surface area contributed by atoms with E-state index in [1.165, 1.54) is 31.3 Å². The van der Waals surface area contributed by atoms with Crippen molar-refractivity contribution in [3.63, 3.8) is 0 Å². The Morgan fingerprint density at radius 1 is 0.822 bits per heavy atom. The first-order valence-corrected chi connectivity index (χ1v) is 16.1. The second-order valence-electron chi connectivity index (χ2n) is 10.5. The van der Waals surface area contributed by atoms with Crippen LogP contribution in [0.15, 0.2) is 108 Å². The molecule has 1 atom stereocenters. The summed E-state index contributed by atoms with van der Waals surface area (Å²) in [6.07, 6.45) is 0.240. The monoisotopic (exact) mass is 629 g/mol. The van der Waals surface area contributed by atoms with Crippen LogP contribution < -0.4 is 19.1 Å². The van der Waals surface area contributed by atoms with Crippen LogP contribution in [-0.4, -0.2) is 58.5 Å². The molecule has 0 fully saturated rings. The van der Waals surface area contributed by atoms with E-state index in [9.17, 15) is 18.0 Å². The van der Waals surface area contributed by atoms with Gasteiger partial charge in [-0.05, 0) is 61.4 Å². The minimum atomic E-state index is -4.29. The standard InChI is InChI=1S/C35H39N3O6S/c1-5-36-35(40)32(23-27-13-7-6-8-14-27)37(24-28-15-11-12-26(2)22-28)34(39)25-38(31-16-9-10-17-33(31)44-4)45(41,42)30-20-18-29(43-3)19-21-30/h6-22,32H,5,23-25H2,1-4H3,(H,36,40)/t32-/m0/s1. The lowest BCUT2D eigenvalue weighted by Gasteiger charge is -2.34. The Bertz CT molecular complexity index is 1690. The number of likely N-dealkylation sites (N-methyl/N-ethyl adjacent to an activating group) is 1. The van der Waals surface area contributed by atoms with Crippen molar-refractivity contribution in [2.45, 2.75) is 37.8 Å². The van der Waals surface area contributed by atoms with Crippen LogP contribution in [0, 0.1) is 6.92 Å². The fraction of sp³-hybridized carbons (Fsp3) is 0.257. The van der Waals surface area contributed by atoms with Gasteiger partial charge in [-0.3, -0.25) is 13.9 Å². The number of carbonyl (C=O) groups is 2. The molecule has 0 radical (unpaired) electrons. The maximum absolute atomic E-state index is 14.5. The highest BCUT2D eigenvalue weighted by atomic mass is 32.2. The van der Waals surface area contributed by atoms with Gasteiger partial charge in [-0.15, -0.1) is 0 Å². The quantitative estimate of drug-likeness (QED) is 0.211. The smallest absolute Gasteiger partial charge is 0.264 e. The number of rotatable bonds is 14. The van der Waals surface area contributed by atoms with Crippen molar-refractivity contribution in [1.82, 2.24) is 10.2 Å². The summed E-state index contributed by atoms with van der Waals surface area (Å²) in [6.45, 7) is 3.65. The lowest BCUT2D eigenvalue weighted by Crippen LogP contribution is -2.53. The normalized spacial score (nSPS) is 11.7. The number of hydrogen-bond acceptors (Lipinski definition) is 6. The first-order valence-electron chi connectivity index (χ1n) is 14.6. The fourth-order valence-corrected chi connectivity index (χ4v) is 6.50. The Balaban J connectivity index is 1.82. The fourth-order valence-electron chi connectivity index (χ4n) is 5.08. The van der Waals surface area contributed by atoms with E-state index in [4.69, 9.17) is 9.47 Å². The predicted molar refractivity (Wildman–Crippen MR) is 175 cm³/mol. The third-order valence-electron chi connectivity index (χ3n) is 7.34. The summed E-state index contributed by atoms with van der Waals surface area (Å²) >= 11 is 0. The summed E-state index contributed by atoms with van der Waals surface area (Å²) < 4.78 is 40.3. The molecule has 0 aliphatic carbocycles. The van der Waals surface area contributed by atoms with Crippen LogP contribution in [0.3, 0.4) is 0 Å². The van der Waals surface area contributed by atoms with E-state index >= 15 is 0 Å². The average Bonchev–Trinajstić information content (AvgIpc) is 3.05. The highest BCUT2D eigenvalue weighted by molar-refractivity contribution is 7.92. The number of carbonyl (C=O) groups excluding carboxylic acids is 2. The third-order valence-corrected chi connectivity index (χ3v) is 9.11. The van der Waals surface area contributed by atoms with Crippen molar-refractivity contribution >= 4 is 27.5 Å². The van der Waals surface area contributed by atoms with Gasteiger partial charge < -0.3 is 19.7 Å². The lowest BCUT2D eigenvalue weighted by molar-refractivity contribution is -0.140. The van der Waals surface area contributed by atoms with Gasteiger partial charge in [-0.2, -0.15) is 0 Å². The van der Waals surface area contributed by atoms with E-state index in [-0.39, 0.29) is 35.2 Å². The summed E-state index contributed by atoms with van der Waals surface area (Å²) in [5.41, 5.74) is 2.86. The van der Waals surface area contributed by atoms with Crippen LogP contribution in [0.25, 0.3) is 0 Å². The van der Waals surface area contributed by atoms with Crippen molar-refractivity contribution in [2.75, 3.05) is 31.6 Å². The first kappa shape index (κ1) is 33.1. The zero-order chi connectivity index (χ0) is 32.4. The molecule has 4 aromatic rings. The summed E-state index contributed by atoms with van der Waals surface area (Å²) in [5.74, 6) is -0.114. The van der Waals surface area contributed by atoms with Crippen LogP contribution in [-0.2, 0) is 32.6 Å². The van der Waals surface area contributed by atoms with Gasteiger partial charge in [0.05, 0.1) is 24.8 Å². The molecule has 10 heteroatoms. The number of hydrogen-bond donors (Lipinski definition) is 1. The SMILES string of the molecule is CCNC(=O)[C@H](Cc1ccccc1)N(Cc1cccc(C)c1)C(=O)CN(c1ccccc1OC)S(=O)(=O)c1ccc(OC)cc1. The summed E-state index contributed by atoms with van der Waals surface area (Å²) in [5, 5.41) is 2.87. The number of para-hydroxylation sites is 2. The number of sulfonamides is 1. The Labute approximate surface area is 265 Å². The number of nitrogens with one attached hydrogen (secondary N) is 1. The average molecular weight is 630 g/mol. The topological polar surface area (TPSA) is 105 Å². The van der Waals surface area contributed by atoms with E-state index < -0.39 is 28.5 Å². The molecule has 1 N–H and O–H groups in total. The molecule has 0 spiro atoms. The van der Waals surface area contributed by atoms with E-state index in [2.05, 4.69) is 5.32 Å². The Morgan fingerprint density at radius 2 is 1.49 bits per heavy atom. The van der Waals surface area contributed by atoms with Crippen molar-refractivity contribution in [3.05, 3.63) is 120 Å². The van der Waals surface area contributed by atoms with Gasteiger partial charge in [0, 0.05) is 19.5 Å². The number of aryl methyl sites for hydroxylation is 1. The van der Waals surface area contributed by atoms with Gasteiger partial charge in [0.2, 0.25) is 11.8 Å². The highest BCUT2D eigenvalue weighted by Crippen LogP contribution is 2.33. The molecule has 45 heavy (non-hydrogen) atoms. The Hall–Kier alpha value is -4.83. The molecule has 9 nitrogen and oxygen atoms in total.